The highest BCUT2D eigenvalue weighted by Crippen LogP contribution is 2.19. The van der Waals surface area contributed by atoms with Crippen LogP contribution in [0, 0.1) is 0 Å². The van der Waals surface area contributed by atoms with Gasteiger partial charge in [0, 0.05) is 50.0 Å². The van der Waals surface area contributed by atoms with Gasteiger partial charge in [0.1, 0.15) is 0 Å². The molecule has 0 atom stereocenters. The van der Waals surface area contributed by atoms with Crippen molar-refractivity contribution in [1.29, 1.82) is 0 Å². The van der Waals surface area contributed by atoms with Crippen LogP contribution >= 0.6 is 11.6 Å². The van der Waals surface area contributed by atoms with E-state index in [-0.39, 0.29) is 18.5 Å². The van der Waals surface area contributed by atoms with Crippen LogP contribution in [0.5, 0.6) is 0 Å². The molecule has 1 aromatic rings. The van der Waals surface area contributed by atoms with Gasteiger partial charge in [-0.2, -0.15) is 0 Å². The quantitative estimate of drug-likeness (QED) is 0.904. The van der Waals surface area contributed by atoms with E-state index in [0.717, 1.165) is 49.7 Å². The largest absolute Gasteiger partial charge is 0.368 e. The van der Waals surface area contributed by atoms with Crippen LogP contribution in [0.3, 0.4) is 0 Å². The molecule has 3 rings (SSSR count). The van der Waals surface area contributed by atoms with E-state index in [4.69, 9.17) is 11.6 Å². The van der Waals surface area contributed by atoms with E-state index in [2.05, 4.69) is 10.2 Å². The number of hydrogen-bond donors (Lipinski definition) is 1. The molecule has 0 aromatic heterocycles. The van der Waals surface area contributed by atoms with Crippen LogP contribution in [0.4, 0.5) is 10.5 Å². The minimum Gasteiger partial charge on any atom is -0.368 e. The Morgan fingerprint density at radius 3 is 2.17 bits per heavy atom. The highest BCUT2D eigenvalue weighted by molar-refractivity contribution is 6.30. The zero-order valence-electron chi connectivity index (χ0n) is 13.7. The Labute approximate surface area is 147 Å². The van der Waals surface area contributed by atoms with Crippen molar-refractivity contribution >= 4 is 29.2 Å². The number of likely N-dealkylation sites (tertiary alicyclic amines) is 1. The summed E-state index contributed by atoms with van der Waals surface area (Å²) in [5.41, 5.74) is 1.11. The Balaban J connectivity index is 1.43. The molecular formula is C17H23ClN4O2. The maximum atomic E-state index is 12.2. The molecule has 3 amide bonds. The summed E-state index contributed by atoms with van der Waals surface area (Å²) in [6.45, 7) is 4.56. The summed E-state index contributed by atoms with van der Waals surface area (Å²) in [7, 11) is 0. The molecule has 6 nitrogen and oxygen atoms in total. The van der Waals surface area contributed by atoms with Gasteiger partial charge in [-0.05, 0) is 37.1 Å². The Bertz CT molecular complexity index is 579. The van der Waals surface area contributed by atoms with Crippen LogP contribution in [0.25, 0.3) is 0 Å². The first-order valence-corrected chi connectivity index (χ1v) is 8.82. The van der Waals surface area contributed by atoms with Gasteiger partial charge in [-0.3, -0.25) is 4.79 Å². The number of carbonyl (C=O) groups is 2. The smallest absolute Gasteiger partial charge is 0.317 e. The summed E-state index contributed by atoms with van der Waals surface area (Å²) in [5.74, 6) is 0.0145. The Kier molecular flexibility index (Phi) is 5.45. The molecule has 0 bridgehead atoms. The van der Waals surface area contributed by atoms with E-state index in [0.29, 0.717) is 13.1 Å². The van der Waals surface area contributed by atoms with E-state index in [1.54, 1.807) is 4.90 Å². The van der Waals surface area contributed by atoms with E-state index in [1.807, 2.05) is 29.2 Å². The molecule has 0 spiro atoms. The first kappa shape index (κ1) is 16.9. The highest BCUT2D eigenvalue weighted by atomic mass is 35.5. The van der Waals surface area contributed by atoms with Crippen molar-refractivity contribution in [3.8, 4) is 0 Å². The number of urea groups is 1. The average molecular weight is 351 g/mol. The topological polar surface area (TPSA) is 55.9 Å². The molecule has 2 saturated heterocycles. The lowest BCUT2D eigenvalue weighted by Crippen LogP contribution is -2.53. The highest BCUT2D eigenvalue weighted by Gasteiger charge is 2.23. The number of rotatable bonds is 3. The second-order valence-corrected chi connectivity index (χ2v) is 6.63. The standard InChI is InChI=1S/C17H23ClN4O2/c18-14-3-5-15(6-4-14)20-9-11-22(12-10-20)17(24)19-13-16(23)21-7-1-2-8-21/h3-6H,1-2,7-13H2,(H,19,24). The van der Waals surface area contributed by atoms with Gasteiger partial charge in [-0.1, -0.05) is 11.6 Å². The number of benzene rings is 1. The van der Waals surface area contributed by atoms with Gasteiger partial charge in [0.15, 0.2) is 0 Å². The minimum atomic E-state index is -0.154. The molecule has 0 radical (unpaired) electrons. The van der Waals surface area contributed by atoms with E-state index in [1.165, 1.54) is 0 Å². The number of piperazine rings is 1. The maximum Gasteiger partial charge on any atom is 0.317 e. The van der Waals surface area contributed by atoms with Gasteiger partial charge in [-0.25, -0.2) is 4.79 Å². The molecule has 130 valence electrons. The van der Waals surface area contributed by atoms with E-state index in [9.17, 15) is 9.59 Å². The molecule has 2 heterocycles. The van der Waals surface area contributed by atoms with Gasteiger partial charge in [-0.15, -0.1) is 0 Å². The maximum absolute atomic E-state index is 12.2. The van der Waals surface area contributed by atoms with Crippen molar-refractivity contribution < 1.29 is 9.59 Å². The molecule has 0 saturated carbocycles. The fraction of sp³-hybridized carbons (Fsp3) is 0.529. The molecule has 1 N–H and O–H groups in total. The van der Waals surface area contributed by atoms with Crippen LogP contribution in [0.1, 0.15) is 12.8 Å². The van der Waals surface area contributed by atoms with Gasteiger partial charge in [0.25, 0.3) is 0 Å². The minimum absolute atomic E-state index is 0.0145. The summed E-state index contributed by atoms with van der Waals surface area (Å²) >= 11 is 5.91. The third kappa shape index (κ3) is 4.12. The molecule has 2 aliphatic rings. The van der Waals surface area contributed by atoms with E-state index >= 15 is 0 Å². The second-order valence-electron chi connectivity index (χ2n) is 6.20. The van der Waals surface area contributed by atoms with Gasteiger partial charge >= 0.3 is 6.03 Å². The Morgan fingerprint density at radius 1 is 0.917 bits per heavy atom. The second kappa shape index (κ2) is 7.75. The predicted molar refractivity (Wildman–Crippen MR) is 94.5 cm³/mol. The lowest BCUT2D eigenvalue weighted by atomic mass is 10.2. The number of hydrogen-bond acceptors (Lipinski definition) is 3. The number of nitrogens with zero attached hydrogens (tertiary/aromatic N) is 3. The van der Waals surface area contributed by atoms with Crippen molar-refractivity contribution in [2.45, 2.75) is 12.8 Å². The zero-order chi connectivity index (χ0) is 16.9. The summed E-state index contributed by atoms with van der Waals surface area (Å²) in [5, 5.41) is 3.47. The number of amides is 3. The van der Waals surface area contributed by atoms with Crippen molar-refractivity contribution in [3.63, 3.8) is 0 Å². The van der Waals surface area contributed by atoms with Crippen molar-refractivity contribution in [3.05, 3.63) is 29.3 Å². The van der Waals surface area contributed by atoms with Crippen LogP contribution in [-0.2, 0) is 4.79 Å². The van der Waals surface area contributed by atoms with Gasteiger partial charge in [0.05, 0.1) is 6.54 Å². The summed E-state index contributed by atoms with van der Waals surface area (Å²) in [6, 6.07) is 7.58. The lowest BCUT2D eigenvalue weighted by molar-refractivity contribution is -0.129. The van der Waals surface area contributed by atoms with Crippen molar-refractivity contribution in [1.82, 2.24) is 15.1 Å². The monoisotopic (exact) mass is 350 g/mol. The summed E-state index contributed by atoms with van der Waals surface area (Å²) in [4.78, 5) is 30.0. The van der Waals surface area contributed by atoms with Crippen LogP contribution in [0.15, 0.2) is 24.3 Å². The molecule has 24 heavy (non-hydrogen) atoms. The van der Waals surface area contributed by atoms with Crippen molar-refractivity contribution in [2.75, 3.05) is 50.7 Å². The molecule has 0 aliphatic carbocycles. The SMILES string of the molecule is O=C(CNC(=O)N1CCN(c2ccc(Cl)cc2)CC1)N1CCCC1. The van der Waals surface area contributed by atoms with Crippen LogP contribution in [-0.4, -0.2) is 67.6 Å². The first-order valence-electron chi connectivity index (χ1n) is 8.44. The molecule has 7 heteroatoms. The van der Waals surface area contributed by atoms with Gasteiger partial charge < -0.3 is 20.0 Å². The van der Waals surface area contributed by atoms with E-state index < -0.39 is 0 Å². The van der Waals surface area contributed by atoms with Crippen molar-refractivity contribution in [2.24, 2.45) is 0 Å². The molecular weight excluding hydrogens is 328 g/mol. The number of nitrogens with one attached hydrogen (secondary N) is 1. The predicted octanol–water partition coefficient (Wildman–Crippen LogP) is 1.79. The number of anilines is 1. The third-order valence-electron chi connectivity index (χ3n) is 4.61. The van der Waals surface area contributed by atoms with Gasteiger partial charge in [0.2, 0.25) is 5.91 Å². The van der Waals surface area contributed by atoms with Crippen LogP contribution in [0.2, 0.25) is 5.02 Å². The fourth-order valence-electron chi connectivity index (χ4n) is 3.16. The fourth-order valence-corrected chi connectivity index (χ4v) is 3.29. The third-order valence-corrected chi connectivity index (χ3v) is 4.86. The number of halogens is 1. The molecule has 0 unspecified atom stereocenters. The Hall–Kier alpha value is -1.95. The lowest BCUT2D eigenvalue weighted by Gasteiger charge is -2.36. The van der Waals surface area contributed by atoms with Crippen LogP contribution < -0.4 is 10.2 Å². The summed E-state index contributed by atoms with van der Waals surface area (Å²) < 4.78 is 0. The molecule has 1 aromatic carbocycles. The number of carbonyl (C=O) groups excluding carboxylic acids is 2. The Morgan fingerprint density at radius 2 is 1.54 bits per heavy atom. The normalized spacial score (nSPS) is 18.0. The summed E-state index contributed by atoms with van der Waals surface area (Å²) in [6.07, 6.45) is 2.12. The zero-order valence-corrected chi connectivity index (χ0v) is 14.5. The molecule has 2 fully saturated rings. The molecule has 2 aliphatic heterocycles. The average Bonchev–Trinajstić information content (AvgIpc) is 3.15. The first-order chi connectivity index (χ1) is 11.6.